The predicted molar refractivity (Wildman–Crippen MR) is 108 cm³/mol. The van der Waals surface area contributed by atoms with Crippen LogP contribution in [0, 0.1) is 17.5 Å². The number of anilines is 1. The highest BCUT2D eigenvalue weighted by molar-refractivity contribution is 5.94. The van der Waals surface area contributed by atoms with E-state index >= 15 is 0 Å². The number of hydrogen-bond acceptors (Lipinski definition) is 4. The van der Waals surface area contributed by atoms with Crippen molar-refractivity contribution in [3.8, 4) is 5.69 Å². The van der Waals surface area contributed by atoms with Gasteiger partial charge in [-0.15, -0.1) is 12.4 Å². The number of fused-ring (bicyclic) bond motifs is 1. The molecule has 3 aromatic rings. The van der Waals surface area contributed by atoms with Gasteiger partial charge in [0.15, 0.2) is 0 Å². The zero-order valence-corrected chi connectivity index (χ0v) is 16.3. The van der Waals surface area contributed by atoms with Crippen LogP contribution in [0.2, 0.25) is 0 Å². The second-order valence-corrected chi connectivity index (χ2v) is 6.96. The molecule has 1 aliphatic rings. The molecule has 1 unspecified atom stereocenters. The number of carboxylic acids is 1. The summed E-state index contributed by atoms with van der Waals surface area (Å²) < 4.78 is 43.7. The number of hydrogen-bond donors (Lipinski definition) is 2. The van der Waals surface area contributed by atoms with E-state index in [-0.39, 0.29) is 40.7 Å². The van der Waals surface area contributed by atoms with E-state index in [0.29, 0.717) is 25.6 Å². The SMILES string of the molecule is Cl.NC1CCN(c2cc3c(cc2F)c(=O)c(C(=O)O)cn3-c2ccc(F)cc2F)C1. The molecule has 0 aliphatic carbocycles. The number of nitrogens with two attached hydrogens (primary N) is 1. The highest BCUT2D eigenvalue weighted by Crippen LogP contribution is 2.29. The Morgan fingerprint density at radius 3 is 2.40 bits per heavy atom. The molecule has 1 aliphatic heterocycles. The fourth-order valence-electron chi connectivity index (χ4n) is 3.61. The lowest BCUT2D eigenvalue weighted by Gasteiger charge is -2.21. The highest BCUT2D eigenvalue weighted by Gasteiger charge is 2.24. The van der Waals surface area contributed by atoms with Crippen molar-refractivity contribution in [3.05, 3.63) is 69.8 Å². The van der Waals surface area contributed by atoms with Gasteiger partial charge >= 0.3 is 5.97 Å². The third kappa shape index (κ3) is 3.61. The molecule has 30 heavy (non-hydrogen) atoms. The van der Waals surface area contributed by atoms with E-state index in [2.05, 4.69) is 0 Å². The van der Waals surface area contributed by atoms with Gasteiger partial charge in [0.2, 0.25) is 5.43 Å². The van der Waals surface area contributed by atoms with Gasteiger partial charge in [0.1, 0.15) is 23.0 Å². The van der Waals surface area contributed by atoms with E-state index in [1.807, 2.05) is 0 Å². The van der Waals surface area contributed by atoms with E-state index in [0.717, 1.165) is 29.0 Å². The summed E-state index contributed by atoms with van der Waals surface area (Å²) >= 11 is 0. The molecule has 158 valence electrons. The maximum atomic E-state index is 14.8. The number of aromatic carboxylic acids is 1. The predicted octanol–water partition coefficient (Wildman–Crippen LogP) is 3.07. The fourth-order valence-corrected chi connectivity index (χ4v) is 3.61. The maximum Gasteiger partial charge on any atom is 0.341 e. The first-order valence-corrected chi connectivity index (χ1v) is 8.84. The van der Waals surface area contributed by atoms with Crippen molar-refractivity contribution >= 4 is 35.0 Å². The van der Waals surface area contributed by atoms with Crippen molar-refractivity contribution in [2.75, 3.05) is 18.0 Å². The number of aromatic nitrogens is 1. The average molecular weight is 440 g/mol. The number of benzene rings is 2. The molecule has 0 spiro atoms. The maximum absolute atomic E-state index is 14.8. The average Bonchev–Trinajstić information content (AvgIpc) is 3.08. The standard InChI is InChI=1S/C20H16F3N3O3.ClH/c21-10-1-2-16(14(22)5-10)26-9-13(20(28)29)19(27)12-6-15(23)18(7-17(12)26)25-4-3-11(24)8-25;/h1-2,5-7,9,11H,3-4,8,24H2,(H,28,29);1H. The first-order chi connectivity index (χ1) is 13.8. The molecule has 1 aromatic heterocycles. The second-order valence-electron chi connectivity index (χ2n) is 6.96. The molecule has 1 fully saturated rings. The van der Waals surface area contributed by atoms with Crippen LogP contribution in [0.25, 0.3) is 16.6 Å². The third-order valence-electron chi connectivity index (χ3n) is 5.04. The smallest absolute Gasteiger partial charge is 0.341 e. The summed E-state index contributed by atoms with van der Waals surface area (Å²) in [5.74, 6) is -4.02. The van der Waals surface area contributed by atoms with Crippen molar-refractivity contribution in [1.29, 1.82) is 0 Å². The molecule has 1 atom stereocenters. The zero-order chi connectivity index (χ0) is 20.9. The van der Waals surface area contributed by atoms with Gasteiger partial charge in [0, 0.05) is 36.8 Å². The van der Waals surface area contributed by atoms with Crippen LogP contribution in [0.4, 0.5) is 18.9 Å². The molecule has 2 aromatic carbocycles. The number of rotatable bonds is 3. The molecule has 0 bridgehead atoms. The number of nitrogens with zero attached hydrogens (tertiary/aromatic N) is 2. The summed E-state index contributed by atoms with van der Waals surface area (Å²) in [4.78, 5) is 25.8. The lowest BCUT2D eigenvalue weighted by Crippen LogP contribution is -2.27. The molecule has 3 N–H and O–H groups in total. The van der Waals surface area contributed by atoms with Crippen LogP contribution in [-0.2, 0) is 0 Å². The summed E-state index contributed by atoms with van der Waals surface area (Å²) in [6.07, 6.45) is 1.62. The first kappa shape index (κ1) is 21.7. The van der Waals surface area contributed by atoms with Crippen molar-refractivity contribution in [2.45, 2.75) is 12.5 Å². The molecule has 10 heteroatoms. The largest absolute Gasteiger partial charge is 0.477 e. The minimum atomic E-state index is -1.54. The summed E-state index contributed by atoms with van der Waals surface area (Å²) in [5.41, 5.74) is 4.44. The van der Waals surface area contributed by atoms with Gasteiger partial charge in [-0.2, -0.15) is 0 Å². The molecular formula is C20H17ClF3N3O3. The van der Waals surface area contributed by atoms with Crippen LogP contribution in [0.15, 0.2) is 41.3 Å². The molecule has 6 nitrogen and oxygen atoms in total. The number of halogens is 4. The first-order valence-electron chi connectivity index (χ1n) is 8.84. The monoisotopic (exact) mass is 439 g/mol. The Morgan fingerprint density at radius 1 is 1.10 bits per heavy atom. The lowest BCUT2D eigenvalue weighted by atomic mass is 10.1. The van der Waals surface area contributed by atoms with Gasteiger partial charge in [-0.3, -0.25) is 4.79 Å². The van der Waals surface area contributed by atoms with E-state index < -0.39 is 34.4 Å². The molecule has 2 heterocycles. The minimum absolute atomic E-state index is 0. The Morgan fingerprint density at radius 2 is 1.80 bits per heavy atom. The van der Waals surface area contributed by atoms with Crippen molar-refractivity contribution < 1.29 is 23.1 Å². The Balaban J connectivity index is 0.00000256. The summed E-state index contributed by atoms with van der Waals surface area (Å²) in [7, 11) is 0. The number of carbonyl (C=O) groups is 1. The number of carboxylic acid groups (broad SMARTS) is 1. The van der Waals surface area contributed by atoms with Crippen LogP contribution >= 0.6 is 12.4 Å². The van der Waals surface area contributed by atoms with Gasteiger partial charge in [-0.25, -0.2) is 18.0 Å². The molecule has 0 amide bonds. The van der Waals surface area contributed by atoms with Gasteiger partial charge in [-0.1, -0.05) is 0 Å². The molecule has 4 rings (SSSR count). The van der Waals surface area contributed by atoms with Crippen molar-refractivity contribution in [1.82, 2.24) is 4.57 Å². The van der Waals surface area contributed by atoms with Gasteiger partial charge in [0.25, 0.3) is 0 Å². The summed E-state index contributed by atoms with van der Waals surface area (Å²) in [6, 6.07) is 4.95. The van der Waals surface area contributed by atoms with Gasteiger partial charge < -0.3 is 20.3 Å². The quantitative estimate of drug-likeness (QED) is 0.655. The summed E-state index contributed by atoms with van der Waals surface area (Å²) in [5, 5.41) is 9.13. The molecular weight excluding hydrogens is 423 g/mol. The fraction of sp³-hybridized carbons (Fsp3) is 0.200. The summed E-state index contributed by atoms with van der Waals surface area (Å²) in [6.45, 7) is 0.913. The van der Waals surface area contributed by atoms with Crippen molar-refractivity contribution in [2.24, 2.45) is 5.73 Å². The lowest BCUT2D eigenvalue weighted by molar-refractivity contribution is 0.0695. The van der Waals surface area contributed by atoms with E-state index in [1.165, 1.54) is 6.07 Å². The van der Waals surface area contributed by atoms with Crippen LogP contribution < -0.4 is 16.1 Å². The van der Waals surface area contributed by atoms with E-state index in [4.69, 9.17) is 5.73 Å². The Kier molecular flexibility index (Phi) is 5.78. The Hall–Kier alpha value is -3.04. The van der Waals surface area contributed by atoms with Crippen LogP contribution in [-0.4, -0.2) is 34.8 Å². The normalized spacial score (nSPS) is 16.0. The minimum Gasteiger partial charge on any atom is -0.477 e. The molecule has 0 saturated carbocycles. The van der Waals surface area contributed by atoms with Crippen LogP contribution in [0.3, 0.4) is 0 Å². The number of pyridine rings is 1. The Labute approximate surface area is 174 Å². The van der Waals surface area contributed by atoms with Gasteiger partial charge in [0.05, 0.1) is 16.9 Å². The molecule has 1 saturated heterocycles. The second kappa shape index (κ2) is 8.00. The van der Waals surface area contributed by atoms with Crippen molar-refractivity contribution in [3.63, 3.8) is 0 Å². The van der Waals surface area contributed by atoms with E-state index in [1.54, 1.807) is 4.90 Å². The zero-order valence-electron chi connectivity index (χ0n) is 15.4. The highest BCUT2D eigenvalue weighted by atomic mass is 35.5. The Bertz CT molecular complexity index is 1220. The third-order valence-corrected chi connectivity index (χ3v) is 5.04. The van der Waals surface area contributed by atoms with E-state index in [9.17, 15) is 27.9 Å². The topological polar surface area (TPSA) is 88.6 Å². The van der Waals surface area contributed by atoms with Crippen LogP contribution in [0.5, 0.6) is 0 Å². The molecule has 0 radical (unpaired) electrons. The van der Waals surface area contributed by atoms with Gasteiger partial charge in [-0.05, 0) is 30.7 Å². The van der Waals surface area contributed by atoms with Crippen LogP contribution in [0.1, 0.15) is 16.8 Å².